The van der Waals surface area contributed by atoms with Gasteiger partial charge in [0.2, 0.25) is 0 Å². The second-order valence-corrected chi connectivity index (χ2v) is 6.56. The van der Waals surface area contributed by atoms with Crippen molar-refractivity contribution in [3.05, 3.63) is 0 Å². The van der Waals surface area contributed by atoms with Gasteiger partial charge in [0.15, 0.2) is 0 Å². The molecule has 1 aliphatic heterocycles. The average Bonchev–Trinajstić information content (AvgIpc) is 2.52. The molecule has 5 atom stereocenters. The fraction of sp³-hybridized carbons (Fsp3) is 1.00. The average molecular weight is 238 g/mol. The zero-order valence-corrected chi connectivity index (χ0v) is 11.9. The lowest BCUT2D eigenvalue weighted by Crippen LogP contribution is -2.55. The van der Waals surface area contributed by atoms with Crippen molar-refractivity contribution < 1.29 is 0 Å². The Morgan fingerprint density at radius 3 is 2.47 bits per heavy atom. The summed E-state index contributed by atoms with van der Waals surface area (Å²) >= 11 is 0. The monoisotopic (exact) mass is 238 g/mol. The molecule has 2 N–H and O–H groups in total. The maximum absolute atomic E-state index is 6.19. The summed E-state index contributed by atoms with van der Waals surface area (Å²) in [5.74, 6) is 1.60. The maximum Gasteiger partial charge on any atom is 0.0110 e. The normalized spacial score (nSPS) is 45.5. The van der Waals surface area contributed by atoms with Crippen LogP contribution in [0, 0.1) is 11.8 Å². The van der Waals surface area contributed by atoms with Crippen molar-refractivity contribution >= 4 is 0 Å². The van der Waals surface area contributed by atoms with Crippen LogP contribution in [0.4, 0.5) is 0 Å². The highest BCUT2D eigenvalue weighted by Gasteiger charge is 2.34. The summed E-state index contributed by atoms with van der Waals surface area (Å²) in [5, 5.41) is 0. The predicted molar refractivity (Wildman–Crippen MR) is 74.0 cm³/mol. The van der Waals surface area contributed by atoms with Gasteiger partial charge in [0.05, 0.1) is 0 Å². The van der Waals surface area contributed by atoms with Crippen LogP contribution in [0.2, 0.25) is 0 Å². The summed E-state index contributed by atoms with van der Waals surface area (Å²) in [6.07, 6.45) is 8.30. The predicted octanol–water partition coefficient (Wildman–Crippen LogP) is 3.01. The van der Waals surface area contributed by atoms with Crippen LogP contribution < -0.4 is 5.73 Å². The van der Waals surface area contributed by atoms with E-state index in [-0.39, 0.29) is 0 Å². The van der Waals surface area contributed by atoms with E-state index in [1.807, 2.05) is 0 Å². The van der Waals surface area contributed by atoms with E-state index in [2.05, 4.69) is 25.7 Å². The second kappa shape index (κ2) is 5.71. The molecule has 2 aliphatic rings. The number of hydrogen-bond donors (Lipinski definition) is 1. The molecule has 0 aromatic rings. The molecule has 1 saturated carbocycles. The van der Waals surface area contributed by atoms with Gasteiger partial charge >= 0.3 is 0 Å². The Morgan fingerprint density at radius 1 is 0.941 bits per heavy atom. The lowest BCUT2D eigenvalue weighted by Gasteiger charge is -2.45. The molecule has 100 valence electrons. The Balaban J connectivity index is 1.96. The zero-order valence-electron chi connectivity index (χ0n) is 11.9. The van der Waals surface area contributed by atoms with Crippen LogP contribution >= 0.6 is 0 Å². The van der Waals surface area contributed by atoms with Gasteiger partial charge in [0, 0.05) is 24.7 Å². The van der Waals surface area contributed by atoms with Crippen molar-refractivity contribution in [2.75, 3.05) is 6.54 Å². The minimum atomic E-state index is 0.422. The quantitative estimate of drug-likeness (QED) is 0.712. The van der Waals surface area contributed by atoms with Gasteiger partial charge in [-0.25, -0.2) is 0 Å². The number of hydrogen-bond acceptors (Lipinski definition) is 2. The molecule has 0 aromatic heterocycles. The van der Waals surface area contributed by atoms with Crippen molar-refractivity contribution in [2.45, 2.75) is 77.4 Å². The molecule has 2 nitrogen and oxygen atoms in total. The molecule has 2 heteroatoms. The Bertz CT molecular complexity index is 241. The van der Waals surface area contributed by atoms with Crippen LogP contribution in [-0.2, 0) is 0 Å². The molecule has 2 rings (SSSR count). The lowest BCUT2D eigenvalue weighted by atomic mass is 9.85. The third-order valence-electron chi connectivity index (χ3n) is 5.38. The molecule has 1 heterocycles. The molecule has 0 amide bonds. The number of piperidine rings is 1. The number of rotatable bonds is 1. The van der Waals surface area contributed by atoms with E-state index >= 15 is 0 Å². The first-order valence-electron chi connectivity index (χ1n) is 7.61. The molecule has 5 unspecified atom stereocenters. The van der Waals surface area contributed by atoms with Crippen molar-refractivity contribution in [3.63, 3.8) is 0 Å². The van der Waals surface area contributed by atoms with Crippen LogP contribution in [-0.4, -0.2) is 29.6 Å². The van der Waals surface area contributed by atoms with Gasteiger partial charge < -0.3 is 5.73 Å². The first-order chi connectivity index (χ1) is 8.09. The van der Waals surface area contributed by atoms with Crippen molar-refractivity contribution in [2.24, 2.45) is 17.6 Å². The highest BCUT2D eigenvalue weighted by atomic mass is 15.2. The summed E-state index contributed by atoms with van der Waals surface area (Å²) in [6, 6.07) is 1.94. The summed E-state index contributed by atoms with van der Waals surface area (Å²) in [6.45, 7) is 8.37. The molecular formula is C15H30N2. The zero-order chi connectivity index (χ0) is 12.4. The lowest BCUT2D eigenvalue weighted by molar-refractivity contribution is 0.0493. The minimum Gasteiger partial charge on any atom is -0.327 e. The third-order valence-corrected chi connectivity index (χ3v) is 5.38. The van der Waals surface area contributed by atoms with E-state index in [4.69, 9.17) is 5.73 Å². The van der Waals surface area contributed by atoms with Gasteiger partial charge in [-0.2, -0.15) is 0 Å². The Kier molecular flexibility index (Phi) is 4.48. The van der Waals surface area contributed by atoms with Crippen molar-refractivity contribution in [1.29, 1.82) is 0 Å². The molecular weight excluding hydrogens is 208 g/mol. The topological polar surface area (TPSA) is 29.3 Å². The summed E-state index contributed by atoms with van der Waals surface area (Å²) in [7, 11) is 0. The molecule has 1 saturated heterocycles. The van der Waals surface area contributed by atoms with Crippen molar-refractivity contribution in [1.82, 2.24) is 4.90 Å². The van der Waals surface area contributed by atoms with E-state index in [0.717, 1.165) is 12.0 Å². The van der Waals surface area contributed by atoms with Crippen molar-refractivity contribution in [3.8, 4) is 0 Å². The van der Waals surface area contributed by atoms with E-state index in [1.54, 1.807) is 0 Å². The molecule has 0 bridgehead atoms. The minimum absolute atomic E-state index is 0.422. The fourth-order valence-electron chi connectivity index (χ4n) is 3.74. The number of nitrogens with two attached hydrogens (primary N) is 1. The summed E-state index contributed by atoms with van der Waals surface area (Å²) in [5.41, 5.74) is 6.19. The summed E-state index contributed by atoms with van der Waals surface area (Å²) in [4.78, 5) is 2.77. The SMILES string of the molecule is CC1CCCC(N2CCC(N)C(C)C2C)CC1. The summed E-state index contributed by atoms with van der Waals surface area (Å²) < 4.78 is 0. The van der Waals surface area contributed by atoms with E-state index < -0.39 is 0 Å². The second-order valence-electron chi connectivity index (χ2n) is 6.56. The number of nitrogens with zero attached hydrogens (tertiary/aromatic N) is 1. The van der Waals surface area contributed by atoms with Crippen LogP contribution in [0.1, 0.15) is 59.3 Å². The highest BCUT2D eigenvalue weighted by Crippen LogP contribution is 2.31. The Morgan fingerprint density at radius 2 is 1.71 bits per heavy atom. The Labute approximate surface area is 107 Å². The molecule has 17 heavy (non-hydrogen) atoms. The molecule has 1 aliphatic carbocycles. The largest absolute Gasteiger partial charge is 0.327 e. The molecule has 0 radical (unpaired) electrons. The molecule has 2 fully saturated rings. The fourth-order valence-corrected chi connectivity index (χ4v) is 3.74. The van der Waals surface area contributed by atoms with Gasteiger partial charge in [-0.1, -0.05) is 26.7 Å². The van der Waals surface area contributed by atoms with E-state index in [1.165, 1.54) is 45.1 Å². The first kappa shape index (κ1) is 13.4. The van der Waals surface area contributed by atoms with Gasteiger partial charge in [-0.15, -0.1) is 0 Å². The standard InChI is InChI=1S/C15H30N2/c1-11-5-4-6-14(8-7-11)17-10-9-15(16)12(2)13(17)3/h11-15H,4-10,16H2,1-3H3. The molecule has 0 aromatic carbocycles. The molecule has 0 spiro atoms. The van der Waals surface area contributed by atoms with Crippen LogP contribution in [0.15, 0.2) is 0 Å². The smallest absolute Gasteiger partial charge is 0.0110 e. The van der Waals surface area contributed by atoms with Crippen LogP contribution in [0.3, 0.4) is 0 Å². The van der Waals surface area contributed by atoms with Crippen LogP contribution in [0.25, 0.3) is 0 Å². The van der Waals surface area contributed by atoms with Gasteiger partial charge in [0.25, 0.3) is 0 Å². The first-order valence-corrected chi connectivity index (χ1v) is 7.61. The Hall–Kier alpha value is -0.0800. The van der Waals surface area contributed by atoms with Crippen LogP contribution in [0.5, 0.6) is 0 Å². The third kappa shape index (κ3) is 3.03. The highest BCUT2D eigenvalue weighted by molar-refractivity contribution is 4.90. The van der Waals surface area contributed by atoms with Gasteiger partial charge in [-0.05, 0) is 44.4 Å². The van der Waals surface area contributed by atoms with E-state index in [0.29, 0.717) is 18.0 Å². The van der Waals surface area contributed by atoms with Gasteiger partial charge in [0.1, 0.15) is 0 Å². The van der Waals surface area contributed by atoms with E-state index in [9.17, 15) is 0 Å². The van der Waals surface area contributed by atoms with Gasteiger partial charge in [-0.3, -0.25) is 4.90 Å². The number of likely N-dealkylation sites (tertiary alicyclic amines) is 1. The maximum atomic E-state index is 6.19.